The molecule has 4 heteroatoms. The van der Waals surface area contributed by atoms with E-state index in [2.05, 4.69) is 5.32 Å². The predicted molar refractivity (Wildman–Crippen MR) is 85.6 cm³/mol. The summed E-state index contributed by atoms with van der Waals surface area (Å²) in [6.45, 7) is 1.96. The number of nitrogens with one attached hydrogen (secondary N) is 1. The van der Waals surface area contributed by atoms with E-state index in [1.807, 2.05) is 24.3 Å². The number of ketones is 1. The first kappa shape index (κ1) is 15.5. The van der Waals surface area contributed by atoms with Crippen molar-refractivity contribution in [3.63, 3.8) is 0 Å². The van der Waals surface area contributed by atoms with Crippen LogP contribution in [0.5, 0.6) is 0 Å². The van der Waals surface area contributed by atoms with Crippen LogP contribution >= 0.6 is 0 Å². The third-order valence-corrected chi connectivity index (χ3v) is 2.88. The number of esters is 1. The molecule has 0 atom stereocenters. The number of ether oxygens (including phenoxy) is 1. The number of rotatable bonds is 6. The number of hydrogen-bond donors (Lipinski definition) is 1. The Morgan fingerprint density at radius 3 is 2.18 bits per heavy atom. The number of carbonyl (C=O) groups excluding carboxylic acids is 2. The molecule has 0 aromatic heterocycles. The minimum Gasteiger partial charge on any atom is -0.461 e. The summed E-state index contributed by atoms with van der Waals surface area (Å²) in [5, 5.41) is 2.93. The van der Waals surface area contributed by atoms with Crippen LogP contribution in [0.2, 0.25) is 0 Å². The van der Waals surface area contributed by atoms with Gasteiger partial charge in [0, 0.05) is 17.3 Å². The maximum Gasteiger partial charge on any atom is 0.354 e. The molecule has 2 aromatic rings. The first-order chi connectivity index (χ1) is 10.7. The number of anilines is 1. The monoisotopic (exact) mass is 295 g/mol. The van der Waals surface area contributed by atoms with Crippen LogP contribution in [0, 0.1) is 0 Å². The topological polar surface area (TPSA) is 55.4 Å². The molecule has 0 fully saturated rings. The van der Waals surface area contributed by atoms with E-state index in [0.29, 0.717) is 11.3 Å². The molecule has 0 unspecified atom stereocenters. The molecule has 2 rings (SSSR count). The molecule has 0 aliphatic heterocycles. The van der Waals surface area contributed by atoms with Crippen molar-refractivity contribution in [3.8, 4) is 0 Å². The lowest BCUT2D eigenvalue weighted by molar-refractivity contribution is -0.138. The van der Waals surface area contributed by atoms with Crippen LogP contribution in [0.1, 0.15) is 17.3 Å². The van der Waals surface area contributed by atoms with E-state index in [9.17, 15) is 9.59 Å². The van der Waals surface area contributed by atoms with Gasteiger partial charge in [-0.1, -0.05) is 48.5 Å². The number of carbonyl (C=O) groups is 2. The maximum atomic E-state index is 12.2. The molecule has 22 heavy (non-hydrogen) atoms. The lowest BCUT2D eigenvalue weighted by Crippen LogP contribution is -2.16. The Balaban J connectivity index is 2.25. The molecule has 0 spiro atoms. The van der Waals surface area contributed by atoms with E-state index >= 15 is 0 Å². The average Bonchev–Trinajstić information content (AvgIpc) is 2.56. The van der Waals surface area contributed by atoms with Crippen molar-refractivity contribution < 1.29 is 14.3 Å². The quantitative estimate of drug-likeness (QED) is 0.504. The molecule has 0 heterocycles. The molecule has 112 valence electrons. The minimum absolute atomic E-state index is 0.113. The molecular weight excluding hydrogens is 278 g/mol. The van der Waals surface area contributed by atoms with Gasteiger partial charge in [-0.25, -0.2) is 4.79 Å². The summed E-state index contributed by atoms with van der Waals surface area (Å²) in [5.74, 6) is -0.817. The number of para-hydroxylation sites is 1. The van der Waals surface area contributed by atoms with E-state index in [4.69, 9.17) is 4.74 Å². The Hall–Kier alpha value is -2.88. The molecule has 0 saturated heterocycles. The fraction of sp³-hybridized carbons (Fsp3) is 0.111. The Kier molecular flexibility index (Phi) is 5.49. The van der Waals surface area contributed by atoms with Gasteiger partial charge in [-0.05, 0) is 19.1 Å². The van der Waals surface area contributed by atoms with E-state index in [1.165, 1.54) is 6.08 Å². The van der Waals surface area contributed by atoms with Crippen LogP contribution < -0.4 is 5.32 Å². The van der Waals surface area contributed by atoms with Crippen molar-refractivity contribution in [2.75, 3.05) is 11.9 Å². The summed E-state index contributed by atoms with van der Waals surface area (Å²) >= 11 is 0. The van der Waals surface area contributed by atoms with Crippen LogP contribution in [-0.2, 0) is 9.53 Å². The Bertz CT molecular complexity index is 663. The second kappa shape index (κ2) is 7.78. The second-order valence-corrected chi connectivity index (χ2v) is 4.50. The van der Waals surface area contributed by atoms with Crippen LogP contribution in [0.3, 0.4) is 0 Å². The van der Waals surface area contributed by atoms with Crippen molar-refractivity contribution in [2.45, 2.75) is 6.92 Å². The van der Waals surface area contributed by atoms with E-state index in [-0.39, 0.29) is 18.1 Å². The van der Waals surface area contributed by atoms with Crippen molar-refractivity contribution in [1.29, 1.82) is 0 Å². The van der Waals surface area contributed by atoms with Crippen molar-refractivity contribution >= 4 is 17.4 Å². The fourth-order valence-corrected chi connectivity index (χ4v) is 1.85. The summed E-state index contributed by atoms with van der Waals surface area (Å²) < 4.78 is 4.99. The zero-order valence-electron chi connectivity index (χ0n) is 12.3. The highest BCUT2D eigenvalue weighted by Gasteiger charge is 2.14. The van der Waals surface area contributed by atoms with Gasteiger partial charge in [-0.3, -0.25) is 4.79 Å². The Morgan fingerprint density at radius 1 is 1.00 bits per heavy atom. The predicted octanol–water partition coefficient (Wildman–Crippen LogP) is 3.43. The van der Waals surface area contributed by atoms with Gasteiger partial charge in [0.15, 0.2) is 5.78 Å². The fourth-order valence-electron chi connectivity index (χ4n) is 1.85. The van der Waals surface area contributed by atoms with Crippen LogP contribution in [0.25, 0.3) is 0 Å². The minimum atomic E-state index is -0.560. The maximum absolute atomic E-state index is 12.2. The molecule has 0 amide bonds. The summed E-state index contributed by atoms with van der Waals surface area (Å²) in [6.07, 6.45) is 1.26. The van der Waals surface area contributed by atoms with Gasteiger partial charge in [0.05, 0.1) is 6.61 Å². The molecule has 1 N–H and O–H groups in total. The van der Waals surface area contributed by atoms with E-state index < -0.39 is 5.97 Å². The van der Waals surface area contributed by atoms with Gasteiger partial charge in [-0.2, -0.15) is 0 Å². The zero-order valence-corrected chi connectivity index (χ0v) is 12.3. The summed E-state index contributed by atoms with van der Waals surface area (Å²) in [4.78, 5) is 24.2. The normalized spacial score (nSPS) is 10.9. The molecule has 0 saturated carbocycles. The number of hydrogen-bond acceptors (Lipinski definition) is 4. The lowest BCUT2D eigenvalue weighted by Gasteiger charge is -2.10. The van der Waals surface area contributed by atoms with Gasteiger partial charge >= 0.3 is 5.97 Å². The zero-order chi connectivity index (χ0) is 15.8. The second-order valence-electron chi connectivity index (χ2n) is 4.50. The van der Waals surface area contributed by atoms with E-state index in [1.54, 1.807) is 43.3 Å². The van der Waals surface area contributed by atoms with Gasteiger partial charge in [0.1, 0.15) is 5.70 Å². The largest absolute Gasteiger partial charge is 0.461 e. The Labute approximate surface area is 129 Å². The average molecular weight is 295 g/mol. The Morgan fingerprint density at radius 2 is 1.59 bits per heavy atom. The third kappa shape index (κ3) is 4.31. The first-order valence-electron chi connectivity index (χ1n) is 7.01. The van der Waals surface area contributed by atoms with Crippen molar-refractivity contribution in [3.05, 3.63) is 78.0 Å². The van der Waals surface area contributed by atoms with Gasteiger partial charge in [-0.15, -0.1) is 0 Å². The van der Waals surface area contributed by atoms with Gasteiger partial charge in [0.25, 0.3) is 0 Å². The lowest BCUT2D eigenvalue weighted by atomic mass is 10.1. The van der Waals surface area contributed by atoms with Crippen LogP contribution in [-0.4, -0.2) is 18.4 Å². The molecule has 2 aromatic carbocycles. The van der Waals surface area contributed by atoms with Crippen molar-refractivity contribution in [2.24, 2.45) is 0 Å². The molecule has 0 aliphatic carbocycles. The number of allylic oxidation sites excluding steroid dienone is 1. The standard InChI is InChI=1S/C18H17NO3/c1-2-22-18(21)16(19-15-11-7-4-8-12-15)13-17(20)14-9-5-3-6-10-14/h3-13,19H,2H2,1H3. The first-order valence-corrected chi connectivity index (χ1v) is 7.01. The smallest absolute Gasteiger partial charge is 0.354 e. The highest BCUT2D eigenvalue weighted by molar-refractivity contribution is 6.09. The molecule has 0 aliphatic rings. The van der Waals surface area contributed by atoms with Crippen LogP contribution in [0.4, 0.5) is 5.69 Å². The van der Waals surface area contributed by atoms with Gasteiger partial charge < -0.3 is 10.1 Å². The third-order valence-electron chi connectivity index (χ3n) is 2.88. The summed E-state index contributed by atoms with van der Waals surface area (Å²) in [6, 6.07) is 17.9. The molecule has 0 radical (unpaired) electrons. The number of benzene rings is 2. The van der Waals surface area contributed by atoms with E-state index in [0.717, 1.165) is 0 Å². The summed E-state index contributed by atoms with van der Waals surface area (Å²) in [7, 11) is 0. The SMILES string of the molecule is CCOC(=O)C(=CC(=O)c1ccccc1)Nc1ccccc1. The summed E-state index contributed by atoms with van der Waals surface area (Å²) in [5.41, 5.74) is 1.34. The highest BCUT2D eigenvalue weighted by Crippen LogP contribution is 2.12. The molecule has 0 bridgehead atoms. The van der Waals surface area contributed by atoms with Gasteiger partial charge in [0.2, 0.25) is 0 Å². The van der Waals surface area contributed by atoms with Crippen LogP contribution in [0.15, 0.2) is 72.4 Å². The molecular formula is C18H17NO3. The highest BCUT2D eigenvalue weighted by atomic mass is 16.5. The van der Waals surface area contributed by atoms with Crippen molar-refractivity contribution in [1.82, 2.24) is 0 Å². The molecule has 4 nitrogen and oxygen atoms in total.